The van der Waals surface area contributed by atoms with Gasteiger partial charge >= 0.3 is 5.97 Å². The number of carbonyl (C=O) groups excluding carboxylic acids is 1. The molecule has 1 aliphatic rings. The van der Waals surface area contributed by atoms with Crippen LogP contribution in [0.5, 0.6) is 0 Å². The molecule has 0 aromatic heterocycles. The third-order valence-corrected chi connectivity index (χ3v) is 2.63. The van der Waals surface area contributed by atoms with E-state index in [2.05, 4.69) is 17.3 Å². The Morgan fingerprint density at radius 3 is 2.33 bits per heavy atom. The predicted octanol–water partition coefficient (Wildman–Crippen LogP) is 1.38. The fraction of sp³-hybridized carbons (Fsp3) is 0.500. The van der Waals surface area contributed by atoms with Gasteiger partial charge in [0.25, 0.3) is 0 Å². The molecule has 1 aliphatic heterocycles. The highest BCUT2D eigenvalue weighted by molar-refractivity contribution is 5.89. The quantitative estimate of drug-likeness (QED) is 0.805. The third kappa shape index (κ3) is 5.80. The number of rotatable bonds is 2. The van der Waals surface area contributed by atoms with Gasteiger partial charge in [0.2, 0.25) is 0 Å². The van der Waals surface area contributed by atoms with Crippen LogP contribution in [0.1, 0.15) is 17.3 Å². The van der Waals surface area contributed by atoms with E-state index < -0.39 is 0 Å². The number of benzene rings is 1. The lowest BCUT2D eigenvalue weighted by Crippen LogP contribution is -2.40. The van der Waals surface area contributed by atoms with Crippen molar-refractivity contribution in [1.82, 2.24) is 10.2 Å². The maximum atomic E-state index is 11.0. The molecule has 0 saturated carbocycles. The number of hydrogen-bond donors (Lipinski definition) is 1. The molecule has 0 spiro atoms. The molecule has 1 aromatic rings. The van der Waals surface area contributed by atoms with E-state index in [9.17, 15) is 4.79 Å². The lowest BCUT2D eigenvalue weighted by Gasteiger charge is -2.21. The van der Waals surface area contributed by atoms with Crippen LogP contribution in [0.3, 0.4) is 0 Å². The van der Waals surface area contributed by atoms with E-state index in [0.29, 0.717) is 12.2 Å². The zero-order valence-corrected chi connectivity index (χ0v) is 11.2. The van der Waals surface area contributed by atoms with Crippen LogP contribution in [-0.4, -0.2) is 50.7 Å². The number of piperazine rings is 1. The molecule has 0 atom stereocenters. The second-order valence-electron chi connectivity index (χ2n) is 4.14. The summed E-state index contributed by atoms with van der Waals surface area (Å²) in [6.07, 6.45) is 0. The summed E-state index contributed by atoms with van der Waals surface area (Å²) in [5, 5.41) is 3.27. The Morgan fingerprint density at radius 1 is 1.28 bits per heavy atom. The van der Waals surface area contributed by atoms with Gasteiger partial charge in [0.1, 0.15) is 0 Å². The van der Waals surface area contributed by atoms with Crippen LogP contribution >= 0.6 is 0 Å². The topological polar surface area (TPSA) is 41.6 Å². The largest absolute Gasteiger partial charge is 0.462 e. The number of likely N-dealkylation sites (N-methyl/N-ethyl adjacent to an activating group) is 1. The van der Waals surface area contributed by atoms with Crippen LogP contribution < -0.4 is 5.32 Å². The fourth-order valence-corrected chi connectivity index (χ4v) is 1.57. The highest BCUT2D eigenvalue weighted by Crippen LogP contribution is 1.99. The predicted molar refractivity (Wildman–Crippen MR) is 72.8 cm³/mol. The molecule has 0 amide bonds. The first-order chi connectivity index (χ1) is 8.74. The number of hydrogen-bond acceptors (Lipinski definition) is 4. The van der Waals surface area contributed by atoms with Crippen molar-refractivity contribution in [1.29, 1.82) is 0 Å². The highest BCUT2D eigenvalue weighted by atomic mass is 16.5. The summed E-state index contributed by atoms with van der Waals surface area (Å²) in [6, 6.07) is 8.96. The molecule has 1 heterocycles. The van der Waals surface area contributed by atoms with Gasteiger partial charge in [-0.25, -0.2) is 4.79 Å². The number of carbonyl (C=O) groups is 1. The van der Waals surface area contributed by atoms with Crippen molar-refractivity contribution in [3.63, 3.8) is 0 Å². The van der Waals surface area contributed by atoms with Gasteiger partial charge in [-0.05, 0) is 26.1 Å². The molecule has 0 bridgehead atoms. The molecule has 1 N–H and O–H groups in total. The van der Waals surface area contributed by atoms with E-state index in [1.165, 1.54) is 13.1 Å². The summed E-state index contributed by atoms with van der Waals surface area (Å²) in [6.45, 7) is 6.96. The molecular weight excluding hydrogens is 228 g/mol. The maximum absolute atomic E-state index is 11.0. The fourth-order valence-electron chi connectivity index (χ4n) is 1.57. The molecule has 1 aromatic carbocycles. The van der Waals surface area contributed by atoms with Gasteiger partial charge in [-0.1, -0.05) is 18.2 Å². The van der Waals surface area contributed by atoms with Gasteiger partial charge in [-0.2, -0.15) is 0 Å². The molecule has 1 fully saturated rings. The molecule has 4 nitrogen and oxygen atoms in total. The Bertz CT molecular complexity index is 335. The Morgan fingerprint density at radius 2 is 1.89 bits per heavy atom. The number of ether oxygens (including phenoxy) is 1. The Kier molecular flexibility index (Phi) is 7.06. The van der Waals surface area contributed by atoms with Crippen LogP contribution in [0.15, 0.2) is 30.3 Å². The summed E-state index contributed by atoms with van der Waals surface area (Å²) in [5.74, 6) is -0.256. The van der Waals surface area contributed by atoms with Crippen LogP contribution in [0.4, 0.5) is 0 Å². The van der Waals surface area contributed by atoms with Crippen molar-refractivity contribution in [3.8, 4) is 0 Å². The van der Waals surface area contributed by atoms with Crippen LogP contribution in [0.2, 0.25) is 0 Å². The molecule has 0 aliphatic carbocycles. The lowest BCUT2D eigenvalue weighted by molar-refractivity contribution is 0.0526. The average molecular weight is 250 g/mol. The van der Waals surface area contributed by atoms with Crippen molar-refractivity contribution in [3.05, 3.63) is 35.9 Å². The van der Waals surface area contributed by atoms with Gasteiger partial charge in [0.15, 0.2) is 0 Å². The SMILES string of the molecule is CCOC(=O)c1ccccc1.CN1CCNCC1. The van der Waals surface area contributed by atoms with E-state index in [1.807, 2.05) is 18.2 Å². The first-order valence-electron chi connectivity index (χ1n) is 6.35. The summed E-state index contributed by atoms with van der Waals surface area (Å²) < 4.78 is 4.79. The van der Waals surface area contributed by atoms with Crippen molar-refractivity contribution in [2.45, 2.75) is 6.92 Å². The smallest absolute Gasteiger partial charge is 0.338 e. The zero-order chi connectivity index (χ0) is 13.2. The standard InChI is InChI=1S/C9H10O2.C5H12N2/c1-2-11-9(10)8-6-4-3-5-7-8;1-7-4-2-6-3-5-7/h3-7H,2H2,1H3;6H,2-5H2,1H3. The minimum absolute atomic E-state index is 0.256. The molecule has 1 saturated heterocycles. The Labute approximate surface area is 109 Å². The van der Waals surface area contributed by atoms with Gasteiger partial charge in [0.05, 0.1) is 12.2 Å². The second-order valence-corrected chi connectivity index (χ2v) is 4.14. The summed E-state index contributed by atoms with van der Waals surface area (Å²) in [7, 11) is 2.15. The minimum Gasteiger partial charge on any atom is -0.462 e. The second kappa shape index (κ2) is 8.66. The maximum Gasteiger partial charge on any atom is 0.338 e. The van der Waals surface area contributed by atoms with E-state index in [4.69, 9.17) is 4.74 Å². The summed E-state index contributed by atoms with van der Waals surface area (Å²) in [5.41, 5.74) is 0.606. The first-order valence-corrected chi connectivity index (χ1v) is 6.35. The van der Waals surface area contributed by atoms with Crippen LogP contribution in [-0.2, 0) is 4.74 Å². The first kappa shape index (κ1) is 14.7. The lowest BCUT2D eigenvalue weighted by atomic mass is 10.2. The molecule has 0 unspecified atom stereocenters. The van der Waals surface area contributed by atoms with E-state index in [-0.39, 0.29) is 5.97 Å². The van der Waals surface area contributed by atoms with E-state index in [1.54, 1.807) is 19.1 Å². The number of esters is 1. The van der Waals surface area contributed by atoms with Gasteiger partial charge < -0.3 is 15.0 Å². The van der Waals surface area contributed by atoms with E-state index in [0.717, 1.165) is 13.1 Å². The normalized spacial score (nSPS) is 15.4. The summed E-state index contributed by atoms with van der Waals surface area (Å²) >= 11 is 0. The van der Waals surface area contributed by atoms with Crippen molar-refractivity contribution in [2.24, 2.45) is 0 Å². The Balaban J connectivity index is 0.000000199. The van der Waals surface area contributed by atoms with Crippen LogP contribution in [0.25, 0.3) is 0 Å². The number of nitrogens with one attached hydrogen (secondary N) is 1. The molecule has 18 heavy (non-hydrogen) atoms. The van der Waals surface area contributed by atoms with Gasteiger partial charge in [0, 0.05) is 26.2 Å². The minimum atomic E-state index is -0.256. The van der Waals surface area contributed by atoms with Gasteiger partial charge in [-0.3, -0.25) is 0 Å². The van der Waals surface area contributed by atoms with E-state index >= 15 is 0 Å². The summed E-state index contributed by atoms with van der Waals surface area (Å²) in [4.78, 5) is 13.4. The van der Waals surface area contributed by atoms with Crippen LogP contribution in [0, 0.1) is 0 Å². The molecular formula is C14H22N2O2. The van der Waals surface area contributed by atoms with Crippen molar-refractivity contribution < 1.29 is 9.53 Å². The van der Waals surface area contributed by atoms with Crippen molar-refractivity contribution >= 4 is 5.97 Å². The molecule has 100 valence electrons. The van der Waals surface area contributed by atoms with Gasteiger partial charge in [-0.15, -0.1) is 0 Å². The zero-order valence-electron chi connectivity index (χ0n) is 11.2. The third-order valence-electron chi connectivity index (χ3n) is 2.63. The average Bonchev–Trinajstić information content (AvgIpc) is 2.42. The molecule has 2 rings (SSSR count). The Hall–Kier alpha value is -1.39. The monoisotopic (exact) mass is 250 g/mol. The molecule has 4 heteroatoms. The highest BCUT2D eigenvalue weighted by Gasteiger charge is 2.02. The molecule has 0 radical (unpaired) electrons. The number of nitrogens with zero attached hydrogens (tertiary/aromatic N) is 1. The van der Waals surface area contributed by atoms with Crippen molar-refractivity contribution in [2.75, 3.05) is 39.8 Å².